The number of halogens is 1. The van der Waals surface area contributed by atoms with Crippen LogP contribution in [0.4, 0.5) is 5.95 Å². The predicted octanol–water partition coefficient (Wildman–Crippen LogP) is 3.32. The van der Waals surface area contributed by atoms with Crippen LogP contribution in [0.15, 0.2) is 46.3 Å². The summed E-state index contributed by atoms with van der Waals surface area (Å²) < 4.78 is 1.65. The Morgan fingerprint density at radius 3 is 2.85 bits per heavy atom. The fourth-order valence-electron chi connectivity index (χ4n) is 2.50. The smallest absolute Gasteiger partial charge is 0.252 e. The summed E-state index contributed by atoms with van der Waals surface area (Å²) >= 11 is 6.45. The third-order valence-electron chi connectivity index (χ3n) is 3.71. The van der Waals surface area contributed by atoms with Gasteiger partial charge < -0.3 is 0 Å². The SMILES string of the molecule is CCCc1cc(=O)[nH]c(N/N=C/c2c(C)nn(-c3ccccc3)c2Cl)n1. The molecule has 2 N–H and O–H groups in total. The van der Waals surface area contributed by atoms with E-state index in [2.05, 4.69) is 25.6 Å². The Kier molecular flexibility index (Phi) is 5.48. The van der Waals surface area contributed by atoms with Crippen LogP contribution in [0.1, 0.15) is 30.3 Å². The molecule has 1 aromatic carbocycles. The van der Waals surface area contributed by atoms with Crippen molar-refractivity contribution in [2.75, 3.05) is 5.43 Å². The molecule has 2 aromatic heterocycles. The molecule has 7 nitrogen and oxygen atoms in total. The first-order valence-corrected chi connectivity index (χ1v) is 8.66. The second-order valence-corrected chi connectivity index (χ2v) is 6.10. The molecule has 0 spiro atoms. The average molecular weight is 371 g/mol. The number of aromatic amines is 1. The Morgan fingerprint density at radius 2 is 2.12 bits per heavy atom. The fourth-order valence-corrected chi connectivity index (χ4v) is 2.82. The number of anilines is 1. The van der Waals surface area contributed by atoms with E-state index in [0.717, 1.165) is 29.9 Å². The molecule has 134 valence electrons. The van der Waals surface area contributed by atoms with Gasteiger partial charge in [-0.2, -0.15) is 10.2 Å². The Hall–Kier alpha value is -2.93. The summed E-state index contributed by atoms with van der Waals surface area (Å²) in [4.78, 5) is 18.6. The van der Waals surface area contributed by atoms with Crippen molar-refractivity contribution in [1.82, 2.24) is 19.7 Å². The van der Waals surface area contributed by atoms with Gasteiger partial charge in [0.05, 0.1) is 23.2 Å². The fraction of sp³-hybridized carbons (Fsp3) is 0.222. The van der Waals surface area contributed by atoms with Crippen LogP contribution in [0.2, 0.25) is 5.15 Å². The number of H-pyrrole nitrogens is 1. The minimum absolute atomic E-state index is 0.215. The summed E-state index contributed by atoms with van der Waals surface area (Å²) in [6.07, 6.45) is 3.21. The van der Waals surface area contributed by atoms with Gasteiger partial charge in [-0.3, -0.25) is 9.78 Å². The first-order chi connectivity index (χ1) is 12.6. The number of hydrazone groups is 1. The quantitative estimate of drug-likeness (QED) is 0.514. The summed E-state index contributed by atoms with van der Waals surface area (Å²) in [5, 5.41) is 9.05. The number of para-hydroxylation sites is 1. The zero-order valence-electron chi connectivity index (χ0n) is 14.5. The number of aromatic nitrogens is 4. The molecule has 0 aliphatic heterocycles. The zero-order chi connectivity index (χ0) is 18.5. The van der Waals surface area contributed by atoms with E-state index in [9.17, 15) is 4.79 Å². The summed E-state index contributed by atoms with van der Waals surface area (Å²) in [5.74, 6) is 0.293. The maximum Gasteiger partial charge on any atom is 0.252 e. The second-order valence-electron chi connectivity index (χ2n) is 5.74. The molecule has 0 saturated carbocycles. The van der Waals surface area contributed by atoms with Crippen LogP contribution < -0.4 is 11.0 Å². The van der Waals surface area contributed by atoms with Crippen molar-refractivity contribution in [3.8, 4) is 5.69 Å². The molecule has 0 saturated heterocycles. The molecular weight excluding hydrogens is 352 g/mol. The van der Waals surface area contributed by atoms with Gasteiger partial charge in [-0.25, -0.2) is 15.1 Å². The summed E-state index contributed by atoms with van der Waals surface area (Å²) in [7, 11) is 0. The highest BCUT2D eigenvalue weighted by atomic mass is 35.5. The van der Waals surface area contributed by atoms with Gasteiger partial charge in [0.1, 0.15) is 5.15 Å². The molecule has 3 aromatic rings. The van der Waals surface area contributed by atoms with Crippen LogP contribution >= 0.6 is 11.6 Å². The van der Waals surface area contributed by atoms with Gasteiger partial charge in [0, 0.05) is 11.8 Å². The molecule has 3 rings (SSSR count). The van der Waals surface area contributed by atoms with Gasteiger partial charge in [0.2, 0.25) is 5.95 Å². The Bertz CT molecular complexity index is 977. The second kappa shape index (κ2) is 7.97. The number of aryl methyl sites for hydroxylation is 2. The predicted molar refractivity (Wildman–Crippen MR) is 103 cm³/mol. The first kappa shape index (κ1) is 17.9. The van der Waals surface area contributed by atoms with Gasteiger partial charge in [-0.15, -0.1) is 0 Å². The number of nitrogens with one attached hydrogen (secondary N) is 2. The average Bonchev–Trinajstić information content (AvgIpc) is 2.90. The highest BCUT2D eigenvalue weighted by molar-refractivity contribution is 6.32. The van der Waals surface area contributed by atoms with Gasteiger partial charge in [0.25, 0.3) is 5.56 Å². The minimum atomic E-state index is -0.215. The standard InChI is InChI=1S/C18H19ClN6O/c1-3-7-13-10-16(26)22-18(21-13)23-20-11-15-12(2)24-25(17(15)19)14-8-5-4-6-9-14/h4-6,8-11H,3,7H2,1-2H3,(H2,21,22,23,26)/b20-11+. The van der Waals surface area contributed by atoms with Crippen LogP contribution in [-0.4, -0.2) is 26.0 Å². The number of rotatable bonds is 6. The van der Waals surface area contributed by atoms with Crippen molar-refractivity contribution in [3.63, 3.8) is 0 Å². The molecule has 0 amide bonds. The van der Waals surface area contributed by atoms with E-state index >= 15 is 0 Å². The van der Waals surface area contributed by atoms with Gasteiger partial charge in [0.15, 0.2) is 0 Å². The third kappa shape index (κ3) is 4.00. The Labute approximate surface area is 155 Å². The van der Waals surface area contributed by atoms with E-state index in [1.807, 2.05) is 44.2 Å². The van der Waals surface area contributed by atoms with Crippen LogP contribution in [0.3, 0.4) is 0 Å². The number of hydrogen-bond donors (Lipinski definition) is 2. The molecular formula is C18H19ClN6O. The van der Waals surface area contributed by atoms with E-state index in [0.29, 0.717) is 16.7 Å². The Balaban J connectivity index is 1.82. The number of nitrogens with zero attached hydrogens (tertiary/aromatic N) is 4. The van der Waals surface area contributed by atoms with Crippen molar-refractivity contribution >= 4 is 23.8 Å². The lowest BCUT2D eigenvalue weighted by Crippen LogP contribution is -2.12. The van der Waals surface area contributed by atoms with E-state index in [4.69, 9.17) is 11.6 Å². The highest BCUT2D eigenvalue weighted by Gasteiger charge is 2.12. The normalized spacial score (nSPS) is 11.2. The molecule has 2 heterocycles. The number of benzene rings is 1. The highest BCUT2D eigenvalue weighted by Crippen LogP contribution is 2.21. The van der Waals surface area contributed by atoms with Crippen molar-refractivity contribution < 1.29 is 0 Å². The van der Waals surface area contributed by atoms with E-state index in [1.54, 1.807) is 10.9 Å². The van der Waals surface area contributed by atoms with Crippen molar-refractivity contribution in [3.05, 3.63) is 68.9 Å². The molecule has 0 radical (unpaired) electrons. The van der Waals surface area contributed by atoms with Gasteiger partial charge in [-0.1, -0.05) is 43.1 Å². The molecule has 0 bridgehead atoms. The lowest BCUT2D eigenvalue weighted by Gasteiger charge is -2.02. The molecule has 0 aliphatic rings. The molecule has 8 heteroatoms. The third-order valence-corrected chi connectivity index (χ3v) is 4.08. The van der Waals surface area contributed by atoms with Gasteiger partial charge >= 0.3 is 0 Å². The molecule has 0 unspecified atom stereocenters. The van der Waals surface area contributed by atoms with Crippen LogP contribution in [0.25, 0.3) is 5.69 Å². The lowest BCUT2D eigenvalue weighted by molar-refractivity contribution is 0.863. The van der Waals surface area contributed by atoms with Crippen LogP contribution in [0, 0.1) is 6.92 Å². The lowest BCUT2D eigenvalue weighted by atomic mass is 10.2. The molecule has 0 atom stereocenters. The summed E-state index contributed by atoms with van der Waals surface area (Å²) in [5.41, 5.74) is 5.55. The van der Waals surface area contributed by atoms with Crippen LogP contribution in [-0.2, 0) is 6.42 Å². The molecule has 26 heavy (non-hydrogen) atoms. The number of hydrogen-bond acceptors (Lipinski definition) is 5. The van der Waals surface area contributed by atoms with Crippen molar-refractivity contribution in [2.45, 2.75) is 26.7 Å². The maximum atomic E-state index is 11.7. The summed E-state index contributed by atoms with van der Waals surface area (Å²) in [6.45, 7) is 3.89. The molecule has 0 fully saturated rings. The van der Waals surface area contributed by atoms with E-state index in [1.165, 1.54) is 6.07 Å². The largest absolute Gasteiger partial charge is 0.291 e. The monoisotopic (exact) mass is 370 g/mol. The van der Waals surface area contributed by atoms with E-state index < -0.39 is 0 Å². The molecule has 0 aliphatic carbocycles. The Morgan fingerprint density at radius 1 is 1.35 bits per heavy atom. The topological polar surface area (TPSA) is 88.0 Å². The summed E-state index contributed by atoms with van der Waals surface area (Å²) in [6, 6.07) is 11.1. The zero-order valence-corrected chi connectivity index (χ0v) is 15.3. The maximum absolute atomic E-state index is 11.7. The van der Waals surface area contributed by atoms with Crippen molar-refractivity contribution in [2.24, 2.45) is 5.10 Å². The van der Waals surface area contributed by atoms with Crippen LogP contribution in [0.5, 0.6) is 0 Å². The van der Waals surface area contributed by atoms with E-state index in [-0.39, 0.29) is 5.56 Å². The first-order valence-electron chi connectivity index (χ1n) is 8.28. The van der Waals surface area contributed by atoms with Gasteiger partial charge in [-0.05, 0) is 25.5 Å². The van der Waals surface area contributed by atoms with Crippen molar-refractivity contribution in [1.29, 1.82) is 0 Å². The minimum Gasteiger partial charge on any atom is -0.291 e.